The van der Waals surface area contributed by atoms with E-state index < -0.39 is 0 Å². The molecule has 0 spiro atoms. The summed E-state index contributed by atoms with van der Waals surface area (Å²) in [6, 6.07) is 6.72. The van der Waals surface area contributed by atoms with Crippen LogP contribution >= 0.6 is 11.6 Å². The van der Waals surface area contributed by atoms with Gasteiger partial charge >= 0.3 is 6.03 Å². The van der Waals surface area contributed by atoms with Crippen LogP contribution in [0.3, 0.4) is 0 Å². The van der Waals surface area contributed by atoms with Gasteiger partial charge in [-0.15, -0.1) is 0 Å². The number of amides is 2. The molecule has 2 heterocycles. The van der Waals surface area contributed by atoms with E-state index in [-0.39, 0.29) is 6.03 Å². The van der Waals surface area contributed by atoms with Gasteiger partial charge in [0.1, 0.15) is 18.0 Å². The van der Waals surface area contributed by atoms with Gasteiger partial charge in [-0.25, -0.2) is 14.8 Å². The summed E-state index contributed by atoms with van der Waals surface area (Å²) in [5, 5.41) is 6.09. The van der Waals surface area contributed by atoms with Crippen molar-refractivity contribution in [3.8, 4) is 0 Å². The predicted molar refractivity (Wildman–Crippen MR) is 93.9 cm³/mol. The van der Waals surface area contributed by atoms with E-state index in [0.717, 1.165) is 24.5 Å². The van der Waals surface area contributed by atoms with Gasteiger partial charge in [0.2, 0.25) is 0 Å². The summed E-state index contributed by atoms with van der Waals surface area (Å²) in [4.78, 5) is 22.6. The molecule has 126 valence electrons. The smallest absolute Gasteiger partial charge is 0.324 e. The predicted octanol–water partition coefficient (Wildman–Crippen LogP) is 2.92. The molecule has 1 fully saturated rings. The summed E-state index contributed by atoms with van der Waals surface area (Å²) in [5.74, 6) is 1.20. The van der Waals surface area contributed by atoms with Gasteiger partial charge in [-0.2, -0.15) is 0 Å². The number of rotatable bonds is 3. The molecule has 2 aromatic rings. The minimum atomic E-state index is -0.382. The second-order valence-corrected chi connectivity index (χ2v) is 5.76. The molecule has 0 radical (unpaired) electrons. The molecule has 3 rings (SSSR count). The fraction of sp³-hybridized carbons (Fsp3) is 0.312. The van der Waals surface area contributed by atoms with E-state index in [1.54, 1.807) is 24.3 Å². The normalized spacial score (nSPS) is 14.3. The zero-order valence-electron chi connectivity index (χ0n) is 13.3. The zero-order chi connectivity index (χ0) is 16.9. The van der Waals surface area contributed by atoms with Crippen molar-refractivity contribution >= 4 is 35.0 Å². The van der Waals surface area contributed by atoms with Crippen LogP contribution in [0.5, 0.6) is 0 Å². The average molecular weight is 348 g/mol. The van der Waals surface area contributed by atoms with E-state index in [1.807, 2.05) is 6.92 Å². The molecule has 1 saturated heterocycles. The highest BCUT2D eigenvalue weighted by molar-refractivity contribution is 6.31. The highest BCUT2D eigenvalue weighted by atomic mass is 35.5. The highest BCUT2D eigenvalue weighted by Crippen LogP contribution is 2.23. The number of aromatic nitrogens is 2. The van der Waals surface area contributed by atoms with Crippen molar-refractivity contribution in [1.82, 2.24) is 9.97 Å². The summed E-state index contributed by atoms with van der Waals surface area (Å²) < 4.78 is 5.33. The van der Waals surface area contributed by atoms with Gasteiger partial charge in [-0.05, 0) is 24.6 Å². The van der Waals surface area contributed by atoms with Crippen molar-refractivity contribution in [2.75, 3.05) is 41.8 Å². The van der Waals surface area contributed by atoms with Gasteiger partial charge in [0.05, 0.1) is 13.2 Å². The number of morpholine rings is 1. The zero-order valence-corrected chi connectivity index (χ0v) is 14.0. The molecular weight excluding hydrogens is 330 g/mol. The van der Waals surface area contributed by atoms with Crippen LogP contribution in [0.15, 0.2) is 30.6 Å². The molecule has 1 aromatic carbocycles. The molecule has 2 amide bonds. The van der Waals surface area contributed by atoms with Crippen molar-refractivity contribution in [2.24, 2.45) is 0 Å². The third kappa shape index (κ3) is 3.93. The van der Waals surface area contributed by atoms with E-state index in [0.29, 0.717) is 29.7 Å². The molecule has 0 atom stereocenters. The van der Waals surface area contributed by atoms with Crippen LogP contribution < -0.4 is 15.5 Å². The van der Waals surface area contributed by atoms with Gasteiger partial charge in [0.25, 0.3) is 0 Å². The summed E-state index contributed by atoms with van der Waals surface area (Å²) in [6.45, 7) is 4.72. The number of benzene rings is 1. The molecule has 0 bridgehead atoms. The van der Waals surface area contributed by atoms with Crippen LogP contribution in [-0.2, 0) is 4.74 Å². The Bertz CT molecular complexity index is 734. The number of nitrogens with zero attached hydrogens (tertiary/aromatic N) is 3. The molecule has 2 N–H and O–H groups in total. The van der Waals surface area contributed by atoms with Gasteiger partial charge in [0.15, 0.2) is 0 Å². The standard InChI is InChI=1S/C16H18ClN5O2/c1-11-12(17)3-2-4-13(11)20-16(23)21-14-9-15(19-10-18-14)22-5-7-24-8-6-22/h2-4,9-10H,5-8H2,1H3,(H2,18,19,20,21,23). The van der Waals surface area contributed by atoms with Gasteiger partial charge in [-0.3, -0.25) is 5.32 Å². The van der Waals surface area contributed by atoms with E-state index >= 15 is 0 Å². The Morgan fingerprint density at radius 3 is 2.83 bits per heavy atom. The highest BCUT2D eigenvalue weighted by Gasteiger charge is 2.14. The Kier molecular flexibility index (Phi) is 5.12. The van der Waals surface area contributed by atoms with Gasteiger partial charge in [0, 0.05) is 29.9 Å². The van der Waals surface area contributed by atoms with E-state index in [2.05, 4.69) is 25.5 Å². The number of carbonyl (C=O) groups excluding carboxylic acids is 1. The quantitative estimate of drug-likeness (QED) is 0.892. The lowest BCUT2D eigenvalue weighted by molar-refractivity contribution is 0.122. The fourth-order valence-corrected chi connectivity index (χ4v) is 2.57. The van der Waals surface area contributed by atoms with Gasteiger partial charge in [-0.1, -0.05) is 17.7 Å². The Morgan fingerprint density at radius 1 is 1.25 bits per heavy atom. The summed E-state index contributed by atoms with van der Waals surface area (Å²) in [5.41, 5.74) is 1.47. The minimum absolute atomic E-state index is 0.382. The summed E-state index contributed by atoms with van der Waals surface area (Å²) in [6.07, 6.45) is 1.44. The lowest BCUT2D eigenvalue weighted by atomic mass is 10.2. The largest absolute Gasteiger partial charge is 0.378 e. The SMILES string of the molecule is Cc1c(Cl)cccc1NC(=O)Nc1cc(N2CCOCC2)ncn1. The monoisotopic (exact) mass is 347 g/mol. The van der Waals surface area contributed by atoms with E-state index in [4.69, 9.17) is 16.3 Å². The van der Waals surface area contributed by atoms with Crippen molar-refractivity contribution in [1.29, 1.82) is 0 Å². The number of ether oxygens (including phenoxy) is 1. The van der Waals surface area contributed by atoms with Crippen molar-refractivity contribution in [3.05, 3.63) is 41.2 Å². The van der Waals surface area contributed by atoms with Crippen LogP contribution in [0.4, 0.5) is 22.1 Å². The molecule has 0 saturated carbocycles. The summed E-state index contributed by atoms with van der Waals surface area (Å²) >= 11 is 6.06. The molecule has 1 aliphatic heterocycles. The number of halogens is 1. The Morgan fingerprint density at radius 2 is 2.04 bits per heavy atom. The molecule has 1 aliphatic rings. The Hall–Kier alpha value is -2.38. The number of carbonyl (C=O) groups is 1. The first-order chi connectivity index (χ1) is 11.6. The summed E-state index contributed by atoms with van der Waals surface area (Å²) in [7, 11) is 0. The van der Waals surface area contributed by atoms with Crippen LogP contribution in [0.2, 0.25) is 5.02 Å². The van der Waals surface area contributed by atoms with Crippen LogP contribution in [-0.4, -0.2) is 42.3 Å². The number of nitrogens with one attached hydrogen (secondary N) is 2. The number of hydrogen-bond donors (Lipinski definition) is 2. The van der Waals surface area contributed by atoms with Crippen LogP contribution in [0, 0.1) is 6.92 Å². The maximum atomic E-state index is 12.2. The number of urea groups is 1. The molecule has 1 aromatic heterocycles. The Labute approximate surface area is 145 Å². The van der Waals surface area contributed by atoms with E-state index in [9.17, 15) is 4.79 Å². The number of anilines is 3. The fourth-order valence-electron chi connectivity index (χ4n) is 2.39. The van der Waals surface area contributed by atoms with Gasteiger partial charge < -0.3 is 15.0 Å². The first kappa shape index (κ1) is 16.5. The number of hydrogen-bond acceptors (Lipinski definition) is 5. The second-order valence-electron chi connectivity index (χ2n) is 5.35. The third-order valence-electron chi connectivity index (χ3n) is 3.75. The molecule has 0 unspecified atom stereocenters. The third-order valence-corrected chi connectivity index (χ3v) is 4.15. The maximum Gasteiger partial charge on any atom is 0.324 e. The first-order valence-electron chi connectivity index (χ1n) is 7.61. The molecule has 24 heavy (non-hydrogen) atoms. The van der Waals surface area contributed by atoms with E-state index in [1.165, 1.54) is 6.33 Å². The van der Waals surface area contributed by atoms with Crippen LogP contribution in [0.1, 0.15) is 5.56 Å². The van der Waals surface area contributed by atoms with Crippen LogP contribution in [0.25, 0.3) is 0 Å². The molecule has 8 heteroatoms. The van der Waals surface area contributed by atoms with Crippen molar-refractivity contribution < 1.29 is 9.53 Å². The molecule has 0 aliphatic carbocycles. The maximum absolute atomic E-state index is 12.2. The minimum Gasteiger partial charge on any atom is -0.378 e. The van der Waals surface area contributed by atoms with Crippen molar-refractivity contribution in [3.63, 3.8) is 0 Å². The average Bonchev–Trinajstić information content (AvgIpc) is 2.60. The van der Waals surface area contributed by atoms with Crippen molar-refractivity contribution in [2.45, 2.75) is 6.92 Å². The first-order valence-corrected chi connectivity index (χ1v) is 7.99. The molecular formula is C16H18ClN5O2. The lowest BCUT2D eigenvalue weighted by Crippen LogP contribution is -2.36. The topological polar surface area (TPSA) is 79.4 Å². The lowest BCUT2D eigenvalue weighted by Gasteiger charge is -2.27. The molecule has 7 nitrogen and oxygen atoms in total. The Balaban J connectivity index is 1.67. The second kappa shape index (κ2) is 7.46.